The van der Waals surface area contributed by atoms with Gasteiger partial charge in [-0.15, -0.1) is 0 Å². The lowest BCUT2D eigenvalue weighted by Crippen LogP contribution is -2.45. The van der Waals surface area contributed by atoms with Crippen LogP contribution in [0, 0.1) is 5.92 Å². The Hall–Kier alpha value is -1.44. The van der Waals surface area contributed by atoms with Crippen molar-refractivity contribution in [1.29, 1.82) is 0 Å². The molecule has 0 aromatic heterocycles. The van der Waals surface area contributed by atoms with E-state index in [0.29, 0.717) is 16.9 Å². The molecule has 2 fully saturated rings. The number of sulfone groups is 1. The number of carbonyl (C=O) groups excluding carboxylic acids is 1. The van der Waals surface area contributed by atoms with E-state index in [1.807, 2.05) is 6.92 Å². The quantitative estimate of drug-likeness (QED) is 0.835. The average Bonchev–Trinajstić information content (AvgIpc) is 3.29. The molecule has 1 aromatic rings. The van der Waals surface area contributed by atoms with E-state index in [0.717, 1.165) is 12.0 Å². The lowest BCUT2D eigenvalue weighted by Gasteiger charge is -2.28. The van der Waals surface area contributed by atoms with Gasteiger partial charge in [0.15, 0.2) is 9.84 Å². The van der Waals surface area contributed by atoms with E-state index in [2.05, 4.69) is 10.9 Å². The molecule has 1 aliphatic carbocycles. The third-order valence-electron chi connectivity index (χ3n) is 5.14. The molecule has 3 atom stereocenters. The maximum absolute atomic E-state index is 12.7. The topological polar surface area (TPSA) is 78.5 Å². The van der Waals surface area contributed by atoms with Crippen LogP contribution in [0.4, 0.5) is 0 Å². The monoisotopic (exact) mass is 351 g/mol. The molecule has 0 radical (unpaired) electrons. The van der Waals surface area contributed by atoms with Crippen LogP contribution in [-0.4, -0.2) is 44.6 Å². The van der Waals surface area contributed by atoms with E-state index in [-0.39, 0.29) is 18.0 Å². The average molecular weight is 351 g/mol. The summed E-state index contributed by atoms with van der Waals surface area (Å²) in [6.07, 6.45) is 4.52. The fourth-order valence-electron chi connectivity index (χ4n) is 3.20. The SMILES string of the molecule is CC(c1ccc(S(C)(=O)=O)cc1)N(C)C(=O)C1CC(C2CC2)NN1. The third-order valence-corrected chi connectivity index (χ3v) is 6.27. The van der Waals surface area contributed by atoms with Crippen LogP contribution in [0.15, 0.2) is 29.2 Å². The summed E-state index contributed by atoms with van der Waals surface area (Å²) in [6, 6.07) is 6.83. The Morgan fingerprint density at radius 2 is 1.83 bits per heavy atom. The summed E-state index contributed by atoms with van der Waals surface area (Å²) in [4.78, 5) is 14.7. The van der Waals surface area contributed by atoms with Crippen molar-refractivity contribution in [3.8, 4) is 0 Å². The number of likely N-dealkylation sites (N-methyl/N-ethyl adjacent to an activating group) is 1. The first-order valence-corrected chi connectivity index (χ1v) is 10.2. The lowest BCUT2D eigenvalue weighted by atomic mass is 10.0. The Bertz CT molecular complexity index is 713. The van der Waals surface area contributed by atoms with Crippen molar-refractivity contribution >= 4 is 15.7 Å². The van der Waals surface area contributed by atoms with Crippen molar-refractivity contribution in [2.75, 3.05) is 13.3 Å². The highest BCUT2D eigenvalue weighted by Crippen LogP contribution is 2.36. The number of hydrogen-bond donors (Lipinski definition) is 2. The van der Waals surface area contributed by atoms with Gasteiger partial charge in [-0.1, -0.05) is 12.1 Å². The van der Waals surface area contributed by atoms with Gasteiger partial charge in [-0.25, -0.2) is 13.8 Å². The van der Waals surface area contributed by atoms with E-state index >= 15 is 0 Å². The Morgan fingerprint density at radius 3 is 2.38 bits per heavy atom. The number of nitrogens with one attached hydrogen (secondary N) is 2. The summed E-state index contributed by atoms with van der Waals surface area (Å²) in [5.41, 5.74) is 7.29. The van der Waals surface area contributed by atoms with E-state index < -0.39 is 9.84 Å². The summed E-state index contributed by atoms with van der Waals surface area (Å²) in [5.74, 6) is 0.770. The van der Waals surface area contributed by atoms with Crippen LogP contribution in [0.1, 0.15) is 37.8 Å². The summed E-state index contributed by atoms with van der Waals surface area (Å²) in [5, 5.41) is 0. The molecule has 6 nitrogen and oxygen atoms in total. The van der Waals surface area contributed by atoms with Gasteiger partial charge >= 0.3 is 0 Å². The molecular formula is C17H25N3O3S. The largest absolute Gasteiger partial charge is 0.338 e. The minimum Gasteiger partial charge on any atom is -0.338 e. The number of hydrogen-bond acceptors (Lipinski definition) is 5. The van der Waals surface area contributed by atoms with Crippen molar-refractivity contribution < 1.29 is 13.2 Å². The minimum absolute atomic E-state index is 0.0605. The zero-order valence-corrected chi connectivity index (χ0v) is 15.1. The van der Waals surface area contributed by atoms with Crippen molar-refractivity contribution in [2.45, 2.75) is 49.2 Å². The van der Waals surface area contributed by atoms with Crippen LogP contribution in [0.25, 0.3) is 0 Å². The van der Waals surface area contributed by atoms with E-state index in [9.17, 15) is 13.2 Å². The van der Waals surface area contributed by atoms with Crippen LogP contribution < -0.4 is 10.9 Å². The number of hydrazine groups is 1. The Balaban J connectivity index is 1.65. The van der Waals surface area contributed by atoms with Crippen LogP contribution in [-0.2, 0) is 14.6 Å². The number of benzene rings is 1. The first-order valence-electron chi connectivity index (χ1n) is 8.35. The second kappa shape index (κ2) is 6.46. The Labute approximate surface area is 143 Å². The normalized spacial score (nSPS) is 25.5. The summed E-state index contributed by atoms with van der Waals surface area (Å²) in [7, 11) is -1.41. The standard InChI is InChI=1S/C17H25N3O3S/c1-11(12-6-8-14(9-7-12)24(3,22)23)20(2)17(21)16-10-15(18-19-16)13-4-5-13/h6-9,11,13,15-16,18-19H,4-5,10H2,1-3H3. The van der Waals surface area contributed by atoms with Crippen molar-refractivity contribution in [3.05, 3.63) is 29.8 Å². The predicted molar refractivity (Wildman–Crippen MR) is 91.9 cm³/mol. The highest BCUT2D eigenvalue weighted by atomic mass is 32.2. The molecule has 0 bridgehead atoms. The highest BCUT2D eigenvalue weighted by Gasteiger charge is 2.40. The molecule has 132 valence electrons. The fourth-order valence-corrected chi connectivity index (χ4v) is 3.84. The van der Waals surface area contributed by atoms with Crippen molar-refractivity contribution in [2.24, 2.45) is 5.92 Å². The molecule has 1 heterocycles. The van der Waals surface area contributed by atoms with Gasteiger partial charge in [-0.05, 0) is 49.8 Å². The van der Waals surface area contributed by atoms with Gasteiger partial charge in [0.1, 0.15) is 6.04 Å². The van der Waals surface area contributed by atoms with Gasteiger partial charge in [0.05, 0.1) is 10.9 Å². The second-order valence-corrected chi connectivity index (χ2v) is 9.00. The fraction of sp³-hybridized carbons (Fsp3) is 0.588. The smallest absolute Gasteiger partial charge is 0.241 e. The van der Waals surface area contributed by atoms with Crippen molar-refractivity contribution in [1.82, 2.24) is 15.8 Å². The molecule has 7 heteroatoms. The minimum atomic E-state index is -3.20. The summed E-state index contributed by atoms with van der Waals surface area (Å²) < 4.78 is 23.1. The predicted octanol–water partition coefficient (Wildman–Crippen LogP) is 1.25. The summed E-state index contributed by atoms with van der Waals surface area (Å²) >= 11 is 0. The molecule has 3 unspecified atom stereocenters. The molecule has 0 spiro atoms. The second-order valence-electron chi connectivity index (χ2n) is 6.99. The highest BCUT2D eigenvalue weighted by molar-refractivity contribution is 7.90. The zero-order chi connectivity index (χ0) is 17.5. The maximum atomic E-state index is 12.7. The molecule has 2 aliphatic rings. The molecule has 2 N–H and O–H groups in total. The van der Waals surface area contributed by atoms with Crippen LogP contribution in [0.2, 0.25) is 0 Å². The van der Waals surface area contributed by atoms with E-state index in [1.165, 1.54) is 19.1 Å². The van der Waals surface area contributed by atoms with Gasteiger partial charge in [-0.3, -0.25) is 10.2 Å². The van der Waals surface area contributed by atoms with Gasteiger partial charge < -0.3 is 4.90 Å². The van der Waals surface area contributed by atoms with Gasteiger partial charge in [0.25, 0.3) is 0 Å². The molecule has 1 saturated heterocycles. The molecule has 24 heavy (non-hydrogen) atoms. The Kier molecular flexibility index (Phi) is 4.68. The molecule has 1 saturated carbocycles. The van der Waals surface area contributed by atoms with Gasteiger partial charge in [0.2, 0.25) is 5.91 Å². The summed E-state index contributed by atoms with van der Waals surface area (Å²) in [6.45, 7) is 1.95. The first kappa shape index (κ1) is 17.4. The maximum Gasteiger partial charge on any atom is 0.241 e. The Morgan fingerprint density at radius 1 is 1.21 bits per heavy atom. The van der Waals surface area contributed by atoms with Gasteiger partial charge in [-0.2, -0.15) is 0 Å². The van der Waals surface area contributed by atoms with E-state index in [4.69, 9.17) is 0 Å². The molecular weight excluding hydrogens is 326 g/mol. The molecule has 1 amide bonds. The van der Waals surface area contributed by atoms with Crippen molar-refractivity contribution in [3.63, 3.8) is 0 Å². The molecule has 1 aromatic carbocycles. The third kappa shape index (κ3) is 3.63. The first-order chi connectivity index (χ1) is 11.3. The molecule has 1 aliphatic heterocycles. The zero-order valence-electron chi connectivity index (χ0n) is 14.3. The number of carbonyl (C=O) groups is 1. The van der Waals surface area contributed by atoms with Crippen LogP contribution >= 0.6 is 0 Å². The van der Waals surface area contributed by atoms with Gasteiger partial charge in [0, 0.05) is 19.3 Å². The number of rotatable bonds is 5. The van der Waals surface area contributed by atoms with Crippen LogP contribution in [0.5, 0.6) is 0 Å². The van der Waals surface area contributed by atoms with E-state index in [1.54, 1.807) is 36.2 Å². The van der Waals surface area contributed by atoms with Crippen LogP contribution in [0.3, 0.4) is 0 Å². The molecule has 3 rings (SSSR count). The number of nitrogens with zero attached hydrogens (tertiary/aromatic N) is 1. The lowest BCUT2D eigenvalue weighted by molar-refractivity contribution is -0.133. The number of amides is 1.